The summed E-state index contributed by atoms with van der Waals surface area (Å²) >= 11 is 0. The predicted molar refractivity (Wildman–Crippen MR) is 56.7 cm³/mol. The van der Waals surface area contributed by atoms with Gasteiger partial charge in [0.05, 0.1) is 11.3 Å². The number of ether oxygens (including phenoxy) is 1. The molecule has 1 aromatic heterocycles. The first kappa shape index (κ1) is 10.6. The van der Waals surface area contributed by atoms with Crippen molar-refractivity contribution < 1.29 is 9.26 Å². The highest BCUT2D eigenvalue weighted by molar-refractivity contribution is 5.14. The number of hydrogen-bond donors (Lipinski definition) is 1. The molecule has 2 heterocycles. The smallest absolute Gasteiger partial charge is 0.162 e. The molecule has 15 heavy (non-hydrogen) atoms. The molecule has 1 aliphatic heterocycles. The van der Waals surface area contributed by atoms with Crippen LogP contribution in [0, 0.1) is 0 Å². The fourth-order valence-corrected chi connectivity index (χ4v) is 1.37. The lowest BCUT2D eigenvalue weighted by molar-refractivity contribution is -0.0241. The van der Waals surface area contributed by atoms with Crippen LogP contribution in [-0.2, 0) is 11.3 Å². The van der Waals surface area contributed by atoms with E-state index >= 15 is 0 Å². The van der Waals surface area contributed by atoms with Gasteiger partial charge in [-0.3, -0.25) is 0 Å². The Morgan fingerprint density at radius 2 is 2.27 bits per heavy atom. The molecule has 0 unspecified atom stereocenters. The van der Waals surface area contributed by atoms with Crippen LogP contribution in [0.15, 0.2) is 10.6 Å². The summed E-state index contributed by atoms with van der Waals surface area (Å²) < 4.78 is 10.8. The van der Waals surface area contributed by atoms with Crippen LogP contribution in [0.5, 0.6) is 0 Å². The molecule has 4 heteroatoms. The maximum Gasteiger partial charge on any atom is 0.162 e. The van der Waals surface area contributed by atoms with E-state index in [9.17, 15) is 0 Å². The number of nitrogens with zero attached hydrogens (tertiary/aromatic N) is 1. The van der Waals surface area contributed by atoms with Gasteiger partial charge in [0.25, 0.3) is 0 Å². The summed E-state index contributed by atoms with van der Waals surface area (Å²) in [5.41, 5.74) is 0.909. The summed E-state index contributed by atoms with van der Waals surface area (Å²) in [6, 6.07) is 2.00. The van der Waals surface area contributed by atoms with Crippen molar-refractivity contribution in [3.05, 3.63) is 17.5 Å². The van der Waals surface area contributed by atoms with E-state index in [1.54, 1.807) is 0 Å². The topological polar surface area (TPSA) is 47.3 Å². The first-order valence-corrected chi connectivity index (χ1v) is 5.35. The monoisotopic (exact) mass is 210 g/mol. The fraction of sp³-hybridized carbons (Fsp3) is 0.727. The van der Waals surface area contributed by atoms with E-state index in [1.165, 1.54) is 0 Å². The van der Waals surface area contributed by atoms with Crippen LogP contribution in [0.25, 0.3) is 0 Å². The second-order valence-electron chi connectivity index (χ2n) is 4.97. The largest absolute Gasteiger partial charge is 0.368 e. The zero-order valence-corrected chi connectivity index (χ0v) is 9.54. The van der Waals surface area contributed by atoms with E-state index in [0.717, 1.165) is 24.5 Å². The summed E-state index contributed by atoms with van der Waals surface area (Å²) in [6.45, 7) is 8.59. The van der Waals surface area contributed by atoms with Crippen molar-refractivity contribution in [3.8, 4) is 0 Å². The first-order chi connectivity index (χ1) is 7.04. The Bertz CT molecular complexity index is 324. The lowest BCUT2D eigenvalue weighted by atomic mass is 9.99. The average Bonchev–Trinajstić information content (AvgIpc) is 2.45. The van der Waals surface area contributed by atoms with E-state index in [4.69, 9.17) is 9.26 Å². The third-order valence-electron chi connectivity index (χ3n) is 2.42. The van der Waals surface area contributed by atoms with Crippen LogP contribution in [0.4, 0.5) is 0 Å². The molecule has 1 fully saturated rings. The highest BCUT2D eigenvalue weighted by atomic mass is 16.5. The molecular formula is C11H18N2O2. The summed E-state index contributed by atoms with van der Waals surface area (Å²) in [6.07, 6.45) is 0. The van der Waals surface area contributed by atoms with E-state index in [-0.39, 0.29) is 5.60 Å². The first-order valence-electron chi connectivity index (χ1n) is 5.35. The second-order valence-corrected chi connectivity index (χ2v) is 4.97. The maximum absolute atomic E-state index is 5.61. The lowest BCUT2D eigenvalue weighted by Crippen LogP contribution is -2.40. The molecule has 0 atom stereocenters. The van der Waals surface area contributed by atoms with Crippen LogP contribution in [-0.4, -0.2) is 23.8 Å². The Labute approximate surface area is 90.0 Å². The van der Waals surface area contributed by atoms with E-state index < -0.39 is 0 Å². The SMILES string of the molecule is CC(C)(C)OCc1cc(C2CNC2)no1. The fourth-order valence-electron chi connectivity index (χ4n) is 1.37. The highest BCUT2D eigenvalue weighted by Crippen LogP contribution is 2.20. The van der Waals surface area contributed by atoms with Gasteiger partial charge in [-0.25, -0.2) is 0 Å². The van der Waals surface area contributed by atoms with Crippen molar-refractivity contribution in [2.75, 3.05) is 13.1 Å². The van der Waals surface area contributed by atoms with Gasteiger partial charge in [0.15, 0.2) is 5.76 Å². The van der Waals surface area contributed by atoms with Crippen molar-refractivity contribution in [3.63, 3.8) is 0 Å². The number of aromatic nitrogens is 1. The molecule has 84 valence electrons. The summed E-state index contributed by atoms with van der Waals surface area (Å²) in [4.78, 5) is 0. The second kappa shape index (κ2) is 3.94. The quantitative estimate of drug-likeness (QED) is 0.824. The third kappa shape index (κ3) is 2.79. The molecule has 0 radical (unpaired) electrons. The molecule has 0 aromatic carbocycles. The van der Waals surface area contributed by atoms with Gasteiger partial charge in [-0.15, -0.1) is 0 Å². The molecule has 4 nitrogen and oxygen atoms in total. The molecule has 0 bridgehead atoms. The standard InChI is InChI=1S/C11H18N2O2/c1-11(2,3)14-7-9-4-10(13-15-9)8-5-12-6-8/h4,8,12H,5-7H2,1-3H3. The molecule has 2 rings (SSSR count). The molecule has 1 saturated heterocycles. The minimum Gasteiger partial charge on any atom is -0.368 e. The van der Waals surface area contributed by atoms with Crippen LogP contribution < -0.4 is 5.32 Å². The Balaban J connectivity index is 1.89. The van der Waals surface area contributed by atoms with Crippen molar-refractivity contribution in [2.45, 2.75) is 38.9 Å². The Kier molecular flexibility index (Phi) is 2.80. The summed E-state index contributed by atoms with van der Waals surface area (Å²) in [7, 11) is 0. The highest BCUT2D eigenvalue weighted by Gasteiger charge is 2.23. The van der Waals surface area contributed by atoms with Gasteiger partial charge in [0.2, 0.25) is 0 Å². The van der Waals surface area contributed by atoms with Crippen LogP contribution in [0.1, 0.15) is 38.1 Å². The number of rotatable bonds is 3. The van der Waals surface area contributed by atoms with Crippen LogP contribution in [0.3, 0.4) is 0 Å². The van der Waals surface area contributed by atoms with Crippen LogP contribution in [0.2, 0.25) is 0 Å². The van der Waals surface area contributed by atoms with Crippen molar-refractivity contribution in [1.29, 1.82) is 0 Å². The molecule has 1 N–H and O–H groups in total. The van der Waals surface area contributed by atoms with Gasteiger partial charge in [0, 0.05) is 25.1 Å². The molecule has 0 amide bonds. The van der Waals surface area contributed by atoms with Gasteiger partial charge in [0.1, 0.15) is 6.61 Å². The van der Waals surface area contributed by atoms with Crippen molar-refractivity contribution >= 4 is 0 Å². The third-order valence-corrected chi connectivity index (χ3v) is 2.42. The predicted octanol–water partition coefficient (Wildman–Crippen LogP) is 1.68. The minimum atomic E-state index is -0.134. The maximum atomic E-state index is 5.61. The molecule has 0 saturated carbocycles. The lowest BCUT2D eigenvalue weighted by Gasteiger charge is -2.24. The number of hydrogen-bond acceptors (Lipinski definition) is 4. The molecule has 0 aliphatic carbocycles. The van der Waals surface area contributed by atoms with E-state index in [1.807, 2.05) is 26.8 Å². The molecule has 1 aromatic rings. The van der Waals surface area contributed by atoms with Crippen molar-refractivity contribution in [1.82, 2.24) is 10.5 Å². The minimum absolute atomic E-state index is 0.134. The van der Waals surface area contributed by atoms with Crippen molar-refractivity contribution in [2.24, 2.45) is 0 Å². The van der Waals surface area contributed by atoms with Gasteiger partial charge in [-0.05, 0) is 20.8 Å². The molecule has 0 spiro atoms. The zero-order chi connectivity index (χ0) is 10.9. The van der Waals surface area contributed by atoms with Gasteiger partial charge in [-0.1, -0.05) is 5.16 Å². The van der Waals surface area contributed by atoms with Gasteiger partial charge < -0.3 is 14.6 Å². The summed E-state index contributed by atoms with van der Waals surface area (Å²) in [5.74, 6) is 1.34. The van der Waals surface area contributed by atoms with E-state index in [2.05, 4.69) is 10.5 Å². The number of nitrogens with one attached hydrogen (secondary N) is 1. The molecular weight excluding hydrogens is 192 g/mol. The molecule has 1 aliphatic rings. The summed E-state index contributed by atoms with van der Waals surface area (Å²) in [5, 5.41) is 7.26. The Morgan fingerprint density at radius 3 is 2.80 bits per heavy atom. The average molecular weight is 210 g/mol. The van der Waals surface area contributed by atoms with Gasteiger partial charge >= 0.3 is 0 Å². The zero-order valence-electron chi connectivity index (χ0n) is 9.54. The van der Waals surface area contributed by atoms with Gasteiger partial charge in [-0.2, -0.15) is 0 Å². The normalized spacial score (nSPS) is 17.8. The van der Waals surface area contributed by atoms with Crippen LogP contribution >= 0.6 is 0 Å². The Hall–Kier alpha value is -0.870. The Morgan fingerprint density at radius 1 is 1.53 bits per heavy atom. The van der Waals surface area contributed by atoms with E-state index in [0.29, 0.717) is 12.5 Å².